The van der Waals surface area contributed by atoms with Gasteiger partial charge in [-0.3, -0.25) is 5.32 Å². The average Bonchev–Trinajstić information content (AvgIpc) is 3.10. The van der Waals surface area contributed by atoms with Gasteiger partial charge in [0.15, 0.2) is 5.13 Å². The summed E-state index contributed by atoms with van der Waals surface area (Å²) >= 11 is 20.3. The van der Waals surface area contributed by atoms with Crippen molar-refractivity contribution < 1.29 is 4.74 Å². The fraction of sp³-hybridized carbons (Fsp3) is 0.350. The minimum atomic E-state index is -1.54. The van der Waals surface area contributed by atoms with E-state index < -0.39 is 9.96 Å². The van der Waals surface area contributed by atoms with E-state index in [0.717, 1.165) is 16.6 Å². The number of ether oxygens (including phenoxy) is 1. The maximum Gasteiger partial charge on any atom is 0.223 e. The Morgan fingerprint density at radius 3 is 2.54 bits per heavy atom. The van der Waals surface area contributed by atoms with Gasteiger partial charge >= 0.3 is 0 Å². The van der Waals surface area contributed by atoms with E-state index in [2.05, 4.69) is 27.8 Å². The molecule has 0 bridgehead atoms. The second-order valence-electron chi connectivity index (χ2n) is 6.85. The molecule has 0 spiro atoms. The summed E-state index contributed by atoms with van der Waals surface area (Å²) in [4.78, 5) is 4.58. The van der Waals surface area contributed by atoms with Crippen LogP contribution in [0.2, 0.25) is 0 Å². The van der Waals surface area contributed by atoms with E-state index in [1.165, 1.54) is 16.9 Å². The van der Waals surface area contributed by atoms with Gasteiger partial charge in [0.25, 0.3) is 0 Å². The number of aromatic nitrogens is 1. The number of anilines is 1. The van der Waals surface area contributed by atoms with Crippen molar-refractivity contribution in [3.05, 3.63) is 60.2 Å². The van der Waals surface area contributed by atoms with E-state index in [9.17, 15) is 0 Å². The summed E-state index contributed by atoms with van der Waals surface area (Å²) in [6, 6.07) is 18.4. The number of hydrogen-bond acceptors (Lipinski definition) is 5. The second kappa shape index (κ2) is 8.74. The molecule has 1 aromatic heterocycles. The number of nitrogens with zero attached hydrogens (tertiary/aromatic N) is 1. The van der Waals surface area contributed by atoms with Crippen molar-refractivity contribution in [1.29, 1.82) is 0 Å². The number of alkyl halides is 3. The summed E-state index contributed by atoms with van der Waals surface area (Å²) in [5.74, 6) is 0.311. The van der Waals surface area contributed by atoms with Gasteiger partial charge in [-0.25, -0.2) is 4.98 Å². The van der Waals surface area contributed by atoms with Crippen LogP contribution >= 0.6 is 46.1 Å². The van der Waals surface area contributed by atoms with Crippen LogP contribution in [0.5, 0.6) is 0 Å². The summed E-state index contributed by atoms with van der Waals surface area (Å²) in [6.45, 7) is 1.27. The maximum absolute atomic E-state index is 6.26. The Bertz CT molecular complexity index is 883. The summed E-state index contributed by atoms with van der Waals surface area (Å²) < 4.78 is 5.37. The number of nitrogens with one attached hydrogen (secondary N) is 2. The number of thiazole rings is 1. The second-order valence-corrected chi connectivity index (χ2v) is 10.2. The summed E-state index contributed by atoms with van der Waals surface area (Å²) in [6.07, 6.45) is 0.309. The molecule has 1 fully saturated rings. The molecule has 4 rings (SSSR count). The van der Waals surface area contributed by atoms with Crippen LogP contribution in [0.25, 0.3) is 10.2 Å². The fourth-order valence-electron chi connectivity index (χ4n) is 3.42. The molecule has 0 aliphatic carbocycles. The molecule has 2 aromatic carbocycles. The van der Waals surface area contributed by atoms with Crippen LogP contribution in [0.1, 0.15) is 17.9 Å². The Balaban J connectivity index is 1.47. The van der Waals surface area contributed by atoms with Gasteiger partial charge in [-0.05, 0) is 24.1 Å². The number of para-hydroxylation sites is 1. The zero-order valence-corrected chi connectivity index (χ0v) is 18.0. The van der Waals surface area contributed by atoms with Crippen molar-refractivity contribution >= 4 is 61.5 Å². The first-order valence-electron chi connectivity index (χ1n) is 9.06. The lowest BCUT2D eigenvalue weighted by Gasteiger charge is -2.35. The van der Waals surface area contributed by atoms with Gasteiger partial charge in [0.1, 0.15) is 6.17 Å². The van der Waals surface area contributed by atoms with Crippen LogP contribution in [-0.2, 0) is 4.74 Å². The van der Waals surface area contributed by atoms with Crippen LogP contribution < -0.4 is 10.6 Å². The van der Waals surface area contributed by atoms with Gasteiger partial charge in [-0.15, -0.1) is 0 Å². The normalized spacial score (nSPS) is 21.5. The molecule has 0 saturated carbocycles. The van der Waals surface area contributed by atoms with Gasteiger partial charge in [0, 0.05) is 12.0 Å². The molecule has 1 aliphatic heterocycles. The van der Waals surface area contributed by atoms with Crippen LogP contribution in [-0.4, -0.2) is 34.2 Å². The predicted octanol–water partition coefficient (Wildman–Crippen LogP) is 5.57. The number of benzene rings is 2. The summed E-state index contributed by atoms with van der Waals surface area (Å²) in [5.41, 5.74) is 2.18. The number of hydrogen-bond donors (Lipinski definition) is 2. The van der Waals surface area contributed by atoms with E-state index in [-0.39, 0.29) is 6.04 Å². The SMILES string of the molecule is ClC(Cl)(Cl)C(Nc1nc2ccccc2s1)NC1COCC(c2ccccc2)C1. The number of rotatable bonds is 5. The molecule has 2 N–H and O–H groups in total. The van der Waals surface area contributed by atoms with E-state index in [1.807, 2.05) is 42.5 Å². The summed E-state index contributed by atoms with van der Waals surface area (Å²) in [7, 11) is 0. The first kappa shape index (κ1) is 20.2. The van der Waals surface area contributed by atoms with Crippen molar-refractivity contribution in [2.24, 2.45) is 0 Å². The molecular formula is C20H20Cl3N3OS. The standard InChI is InChI=1S/C20H20Cl3N3OS/c21-20(22,23)18(26-19-25-16-8-4-5-9-17(16)28-19)24-15-10-14(11-27-12-15)13-6-2-1-3-7-13/h1-9,14-15,18,24H,10-12H2,(H,25,26). The highest BCUT2D eigenvalue weighted by atomic mass is 35.6. The van der Waals surface area contributed by atoms with Crippen molar-refractivity contribution in [2.45, 2.75) is 28.3 Å². The first-order valence-corrected chi connectivity index (χ1v) is 11.0. The van der Waals surface area contributed by atoms with Crippen molar-refractivity contribution in [2.75, 3.05) is 18.5 Å². The van der Waals surface area contributed by atoms with Crippen molar-refractivity contribution in [3.8, 4) is 0 Å². The van der Waals surface area contributed by atoms with E-state index in [1.54, 1.807) is 0 Å². The smallest absolute Gasteiger partial charge is 0.223 e. The highest BCUT2D eigenvalue weighted by molar-refractivity contribution is 7.22. The molecule has 3 aromatic rings. The quantitative estimate of drug-likeness (QED) is 0.389. The van der Waals surface area contributed by atoms with Crippen LogP contribution in [0.4, 0.5) is 5.13 Å². The van der Waals surface area contributed by atoms with E-state index in [4.69, 9.17) is 39.5 Å². The predicted molar refractivity (Wildman–Crippen MR) is 119 cm³/mol. The lowest BCUT2D eigenvalue weighted by Crippen LogP contribution is -2.53. The minimum Gasteiger partial charge on any atom is -0.379 e. The minimum absolute atomic E-state index is 0.0569. The molecule has 28 heavy (non-hydrogen) atoms. The van der Waals surface area contributed by atoms with E-state index >= 15 is 0 Å². The molecule has 1 aliphatic rings. The zero-order valence-electron chi connectivity index (χ0n) is 14.9. The Morgan fingerprint density at radius 2 is 1.79 bits per heavy atom. The van der Waals surface area contributed by atoms with Gasteiger partial charge in [0.05, 0.1) is 23.4 Å². The van der Waals surface area contributed by atoms with Gasteiger partial charge in [-0.2, -0.15) is 0 Å². The van der Waals surface area contributed by atoms with E-state index in [0.29, 0.717) is 24.3 Å². The molecule has 8 heteroatoms. The topological polar surface area (TPSA) is 46.2 Å². The molecule has 2 heterocycles. The van der Waals surface area contributed by atoms with Crippen LogP contribution in [0.3, 0.4) is 0 Å². The third-order valence-electron chi connectivity index (χ3n) is 4.77. The Kier molecular flexibility index (Phi) is 6.30. The zero-order chi connectivity index (χ0) is 19.6. The molecule has 1 saturated heterocycles. The molecular weight excluding hydrogens is 437 g/mol. The third-order valence-corrected chi connectivity index (χ3v) is 6.39. The van der Waals surface area contributed by atoms with Crippen LogP contribution in [0.15, 0.2) is 54.6 Å². The molecule has 0 radical (unpaired) electrons. The van der Waals surface area contributed by atoms with Crippen LogP contribution in [0, 0.1) is 0 Å². The Labute approximate surface area is 183 Å². The van der Waals surface area contributed by atoms with Crippen molar-refractivity contribution in [3.63, 3.8) is 0 Å². The first-order chi connectivity index (χ1) is 13.5. The summed E-state index contributed by atoms with van der Waals surface area (Å²) in [5, 5.41) is 7.39. The molecule has 0 amide bonds. The maximum atomic E-state index is 6.26. The van der Waals surface area contributed by atoms with Gasteiger partial charge in [-0.1, -0.05) is 88.6 Å². The fourth-order valence-corrected chi connectivity index (χ4v) is 4.66. The largest absolute Gasteiger partial charge is 0.379 e. The lowest BCUT2D eigenvalue weighted by atomic mass is 9.91. The third kappa shape index (κ3) is 4.90. The molecule has 3 unspecified atom stereocenters. The molecule has 148 valence electrons. The monoisotopic (exact) mass is 455 g/mol. The average molecular weight is 457 g/mol. The number of fused-ring (bicyclic) bond motifs is 1. The highest BCUT2D eigenvalue weighted by Crippen LogP contribution is 2.34. The molecule has 4 nitrogen and oxygen atoms in total. The number of halogens is 3. The lowest BCUT2D eigenvalue weighted by molar-refractivity contribution is 0.0522. The van der Waals surface area contributed by atoms with Gasteiger partial charge in [0.2, 0.25) is 3.79 Å². The van der Waals surface area contributed by atoms with Crippen molar-refractivity contribution in [1.82, 2.24) is 10.3 Å². The molecule has 3 atom stereocenters. The Morgan fingerprint density at radius 1 is 1.04 bits per heavy atom. The highest BCUT2D eigenvalue weighted by Gasteiger charge is 2.36. The van der Waals surface area contributed by atoms with Gasteiger partial charge < -0.3 is 10.1 Å². The Hall–Kier alpha value is -1.08.